The number of benzene rings is 1. The van der Waals surface area contributed by atoms with E-state index in [4.69, 9.17) is 5.73 Å². The van der Waals surface area contributed by atoms with E-state index in [1.165, 1.54) is 6.07 Å². The minimum absolute atomic E-state index is 0.292. The fraction of sp³-hybridized carbons (Fsp3) is 0.455. The molecule has 0 heterocycles. The summed E-state index contributed by atoms with van der Waals surface area (Å²) >= 11 is 0. The second-order valence-electron chi connectivity index (χ2n) is 4.03. The van der Waals surface area contributed by atoms with E-state index >= 15 is 0 Å². The van der Waals surface area contributed by atoms with E-state index in [2.05, 4.69) is 0 Å². The zero-order valence-corrected chi connectivity index (χ0v) is 8.14. The second-order valence-corrected chi connectivity index (χ2v) is 4.03. The molecule has 0 radical (unpaired) electrons. The molecule has 2 N–H and O–H groups in total. The van der Waals surface area contributed by atoms with Crippen LogP contribution in [-0.2, 0) is 11.6 Å². The standard InChI is InChI=1S/C11H12F3N/c12-11(13,14)9-4-2-1-3-8(9)10(7-15)5-6-10/h1-4H,5-7,15H2. The molecule has 1 nitrogen and oxygen atoms in total. The van der Waals surface area contributed by atoms with Gasteiger partial charge in [0.1, 0.15) is 0 Å². The third-order valence-electron chi connectivity index (χ3n) is 3.05. The van der Waals surface area contributed by atoms with Crippen LogP contribution in [0.4, 0.5) is 13.2 Å². The highest BCUT2D eigenvalue weighted by Crippen LogP contribution is 2.50. The van der Waals surface area contributed by atoms with Gasteiger partial charge in [0.2, 0.25) is 0 Å². The topological polar surface area (TPSA) is 26.0 Å². The largest absolute Gasteiger partial charge is 0.416 e. The molecule has 0 aliphatic heterocycles. The first-order valence-corrected chi connectivity index (χ1v) is 4.86. The van der Waals surface area contributed by atoms with Crippen molar-refractivity contribution in [3.8, 4) is 0 Å². The van der Waals surface area contributed by atoms with Crippen molar-refractivity contribution in [3.63, 3.8) is 0 Å². The molecule has 1 saturated carbocycles. The van der Waals surface area contributed by atoms with Crippen molar-refractivity contribution in [3.05, 3.63) is 35.4 Å². The van der Waals surface area contributed by atoms with E-state index in [1.807, 2.05) is 0 Å². The Labute approximate surface area is 86.1 Å². The average molecular weight is 215 g/mol. The Bertz CT molecular complexity index is 366. The number of alkyl halides is 3. The lowest BCUT2D eigenvalue weighted by Crippen LogP contribution is -2.23. The van der Waals surface area contributed by atoms with Gasteiger partial charge < -0.3 is 5.73 Å². The normalized spacial score (nSPS) is 18.9. The molecule has 1 fully saturated rings. The minimum atomic E-state index is -4.28. The highest BCUT2D eigenvalue weighted by Gasteiger charge is 2.47. The van der Waals surface area contributed by atoms with Crippen LogP contribution in [0.5, 0.6) is 0 Å². The molecule has 1 aromatic carbocycles. The number of hydrogen-bond acceptors (Lipinski definition) is 1. The van der Waals surface area contributed by atoms with Crippen LogP contribution in [0.15, 0.2) is 24.3 Å². The van der Waals surface area contributed by atoms with E-state index < -0.39 is 17.2 Å². The number of rotatable bonds is 2. The maximum atomic E-state index is 12.7. The van der Waals surface area contributed by atoms with Gasteiger partial charge in [-0.1, -0.05) is 18.2 Å². The Morgan fingerprint density at radius 1 is 1.20 bits per heavy atom. The number of halogens is 3. The van der Waals surface area contributed by atoms with E-state index in [0.29, 0.717) is 12.1 Å². The number of nitrogens with two attached hydrogens (primary N) is 1. The van der Waals surface area contributed by atoms with Gasteiger partial charge in [-0.3, -0.25) is 0 Å². The Balaban J connectivity index is 2.48. The Kier molecular flexibility index (Phi) is 2.26. The molecule has 0 bridgehead atoms. The summed E-state index contributed by atoms with van der Waals surface area (Å²) in [5.41, 5.74) is 4.96. The zero-order chi connectivity index (χ0) is 11.1. The summed E-state index contributed by atoms with van der Waals surface area (Å²) in [6.07, 6.45) is -2.76. The first-order chi connectivity index (χ1) is 6.99. The monoisotopic (exact) mass is 215 g/mol. The summed E-state index contributed by atoms with van der Waals surface area (Å²) in [4.78, 5) is 0. The molecule has 0 atom stereocenters. The summed E-state index contributed by atoms with van der Waals surface area (Å²) in [6, 6.07) is 5.73. The van der Waals surface area contributed by atoms with Gasteiger partial charge in [-0.2, -0.15) is 13.2 Å². The van der Waals surface area contributed by atoms with Crippen LogP contribution in [0.25, 0.3) is 0 Å². The summed E-state index contributed by atoms with van der Waals surface area (Å²) in [6.45, 7) is 0.292. The minimum Gasteiger partial charge on any atom is -0.330 e. The highest BCUT2D eigenvalue weighted by atomic mass is 19.4. The molecule has 15 heavy (non-hydrogen) atoms. The van der Waals surface area contributed by atoms with Crippen LogP contribution in [0.2, 0.25) is 0 Å². The van der Waals surface area contributed by atoms with E-state index in [9.17, 15) is 13.2 Å². The Morgan fingerprint density at radius 3 is 2.27 bits per heavy atom. The van der Waals surface area contributed by atoms with E-state index in [-0.39, 0.29) is 0 Å². The molecular formula is C11H12F3N. The van der Waals surface area contributed by atoms with Crippen molar-refractivity contribution in [1.82, 2.24) is 0 Å². The van der Waals surface area contributed by atoms with Crippen molar-refractivity contribution in [2.24, 2.45) is 5.73 Å². The highest BCUT2D eigenvalue weighted by molar-refractivity contribution is 5.40. The maximum absolute atomic E-state index is 12.7. The summed E-state index contributed by atoms with van der Waals surface area (Å²) in [5.74, 6) is 0. The van der Waals surface area contributed by atoms with Crippen molar-refractivity contribution in [1.29, 1.82) is 0 Å². The summed E-state index contributed by atoms with van der Waals surface area (Å²) < 4.78 is 38.1. The third kappa shape index (κ3) is 1.74. The second kappa shape index (κ2) is 3.23. The quantitative estimate of drug-likeness (QED) is 0.806. The van der Waals surface area contributed by atoms with Gasteiger partial charge in [-0.15, -0.1) is 0 Å². The van der Waals surface area contributed by atoms with Gasteiger partial charge in [0.05, 0.1) is 5.56 Å². The van der Waals surface area contributed by atoms with Crippen LogP contribution < -0.4 is 5.73 Å². The molecule has 82 valence electrons. The average Bonchev–Trinajstić information content (AvgIpc) is 2.97. The Morgan fingerprint density at radius 2 is 1.80 bits per heavy atom. The fourth-order valence-corrected chi connectivity index (χ4v) is 1.93. The molecule has 1 aliphatic rings. The van der Waals surface area contributed by atoms with Crippen LogP contribution in [0.1, 0.15) is 24.0 Å². The van der Waals surface area contributed by atoms with Gasteiger partial charge >= 0.3 is 6.18 Å². The van der Waals surface area contributed by atoms with Gasteiger partial charge in [0.25, 0.3) is 0 Å². The van der Waals surface area contributed by atoms with Crippen molar-refractivity contribution in [2.45, 2.75) is 24.4 Å². The molecule has 1 aliphatic carbocycles. The predicted molar refractivity (Wildman–Crippen MR) is 51.4 cm³/mol. The van der Waals surface area contributed by atoms with Crippen molar-refractivity contribution in [2.75, 3.05) is 6.54 Å². The SMILES string of the molecule is NCC1(c2ccccc2C(F)(F)F)CC1. The third-order valence-corrected chi connectivity index (χ3v) is 3.05. The molecule has 0 saturated heterocycles. The zero-order valence-electron chi connectivity index (χ0n) is 8.14. The van der Waals surface area contributed by atoms with Gasteiger partial charge in [0, 0.05) is 12.0 Å². The van der Waals surface area contributed by atoms with E-state index in [0.717, 1.165) is 18.9 Å². The number of hydrogen-bond donors (Lipinski definition) is 1. The summed E-state index contributed by atoms with van der Waals surface area (Å²) in [5, 5.41) is 0. The molecule has 1 aromatic rings. The molecule has 0 amide bonds. The lowest BCUT2D eigenvalue weighted by Gasteiger charge is -2.19. The lowest BCUT2D eigenvalue weighted by atomic mass is 9.91. The first-order valence-electron chi connectivity index (χ1n) is 4.86. The molecule has 4 heteroatoms. The smallest absolute Gasteiger partial charge is 0.330 e. The predicted octanol–water partition coefficient (Wildman–Crippen LogP) is 2.70. The van der Waals surface area contributed by atoms with Crippen molar-refractivity contribution >= 4 is 0 Å². The van der Waals surface area contributed by atoms with Gasteiger partial charge in [-0.05, 0) is 24.5 Å². The van der Waals surface area contributed by atoms with E-state index in [1.54, 1.807) is 12.1 Å². The van der Waals surface area contributed by atoms with Gasteiger partial charge in [0.15, 0.2) is 0 Å². The molecule has 2 rings (SSSR count). The molecule has 0 unspecified atom stereocenters. The molecular weight excluding hydrogens is 203 g/mol. The maximum Gasteiger partial charge on any atom is 0.416 e. The Hall–Kier alpha value is -1.03. The van der Waals surface area contributed by atoms with Crippen molar-refractivity contribution < 1.29 is 13.2 Å². The van der Waals surface area contributed by atoms with Crippen LogP contribution in [-0.4, -0.2) is 6.54 Å². The van der Waals surface area contributed by atoms with Crippen LogP contribution in [0.3, 0.4) is 0 Å². The fourth-order valence-electron chi connectivity index (χ4n) is 1.93. The molecule has 0 spiro atoms. The summed E-state index contributed by atoms with van der Waals surface area (Å²) in [7, 11) is 0. The molecule has 0 aromatic heterocycles. The first kappa shape index (κ1) is 10.5. The van der Waals surface area contributed by atoms with Crippen LogP contribution in [0, 0.1) is 0 Å². The lowest BCUT2D eigenvalue weighted by molar-refractivity contribution is -0.138. The van der Waals surface area contributed by atoms with Gasteiger partial charge in [-0.25, -0.2) is 0 Å². The van der Waals surface area contributed by atoms with Crippen LogP contribution >= 0.6 is 0 Å².